The topological polar surface area (TPSA) is 39.7 Å². The Hall–Kier alpha value is -0.910. The monoisotopic (exact) mass is 295 g/mol. The number of ether oxygens (including phenoxy) is 3. The van der Waals surface area contributed by atoms with Gasteiger partial charge in [0.05, 0.1) is 6.10 Å². The van der Waals surface area contributed by atoms with Crippen LogP contribution in [-0.2, 0) is 11.3 Å². The maximum absolute atomic E-state index is 5.66. The van der Waals surface area contributed by atoms with Crippen LogP contribution < -0.4 is 14.8 Å². The van der Waals surface area contributed by atoms with Crippen molar-refractivity contribution in [1.82, 2.24) is 5.32 Å². The minimum absolute atomic E-state index is 0.380. The third-order valence-corrected chi connectivity index (χ3v) is 4.48. The zero-order valence-electron chi connectivity index (χ0n) is 11.8. The Morgan fingerprint density at radius 2 is 2.00 bits per heavy atom. The fraction of sp³-hybridized carbons (Fsp3) is 0.600. The first-order valence-electron chi connectivity index (χ1n) is 7.15. The molecule has 1 aromatic rings. The van der Waals surface area contributed by atoms with E-state index in [1.807, 2.05) is 0 Å². The van der Waals surface area contributed by atoms with Gasteiger partial charge in [0.1, 0.15) is 13.2 Å². The second-order valence-corrected chi connectivity index (χ2v) is 5.92. The number of hydrogen-bond acceptors (Lipinski definition) is 5. The van der Waals surface area contributed by atoms with Gasteiger partial charge in [-0.25, -0.2) is 0 Å². The van der Waals surface area contributed by atoms with Crippen LogP contribution in [0, 0.1) is 0 Å². The Balaban J connectivity index is 1.64. The molecule has 2 aliphatic rings. The van der Waals surface area contributed by atoms with Crippen molar-refractivity contribution in [3.8, 4) is 11.5 Å². The van der Waals surface area contributed by atoms with E-state index in [9.17, 15) is 0 Å². The predicted molar refractivity (Wildman–Crippen MR) is 79.9 cm³/mol. The number of benzene rings is 1. The maximum atomic E-state index is 5.66. The molecule has 20 heavy (non-hydrogen) atoms. The fourth-order valence-electron chi connectivity index (χ4n) is 2.61. The van der Waals surface area contributed by atoms with Crippen LogP contribution in [0.2, 0.25) is 0 Å². The van der Waals surface area contributed by atoms with E-state index in [1.165, 1.54) is 23.3 Å². The fourth-order valence-corrected chi connectivity index (χ4v) is 3.23. The van der Waals surface area contributed by atoms with Gasteiger partial charge in [0.25, 0.3) is 0 Å². The molecule has 0 spiro atoms. The Kier molecular flexibility index (Phi) is 4.70. The standard InChI is InChI=1S/C15H21NO3S/c1-20-15-8-14-13(18-5-6-19-14)7-11(15)9-16-10-12-3-2-4-17-12/h7-8,12,16H,2-6,9-10H2,1H3. The molecular formula is C15H21NO3S. The summed E-state index contributed by atoms with van der Waals surface area (Å²) < 4.78 is 16.9. The summed E-state index contributed by atoms with van der Waals surface area (Å²) >= 11 is 1.74. The molecule has 110 valence electrons. The lowest BCUT2D eigenvalue weighted by Crippen LogP contribution is -2.26. The van der Waals surface area contributed by atoms with Crippen LogP contribution >= 0.6 is 11.8 Å². The number of hydrogen-bond donors (Lipinski definition) is 1. The second-order valence-electron chi connectivity index (χ2n) is 5.07. The van der Waals surface area contributed by atoms with Crippen LogP contribution in [0.4, 0.5) is 0 Å². The molecule has 0 bridgehead atoms. The van der Waals surface area contributed by atoms with Crippen molar-refractivity contribution in [3.63, 3.8) is 0 Å². The highest BCUT2D eigenvalue weighted by Crippen LogP contribution is 2.36. The smallest absolute Gasteiger partial charge is 0.162 e. The first-order chi connectivity index (χ1) is 9.86. The molecule has 1 atom stereocenters. The minimum atomic E-state index is 0.380. The highest BCUT2D eigenvalue weighted by Gasteiger charge is 2.17. The van der Waals surface area contributed by atoms with Crippen LogP contribution in [0.15, 0.2) is 17.0 Å². The van der Waals surface area contributed by atoms with Gasteiger partial charge in [0.15, 0.2) is 11.5 Å². The summed E-state index contributed by atoms with van der Waals surface area (Å²) in [5.74, 6) is 1.73. The summed E-state index contributed by atoms with van der Waals surface area (Å²) in [5, 5.41) is 3.49. The van der Waals surface area contributed by atoms with Crippen molar-refractivity contribution in [1.29, 1.82) is 0 Å². The Labute approximate surface area is 124 Å². The SMILES string of the molecule is CSc1cc2c(cc1CNCC1CCCO1)OCCO2. The van der Waals surface area contributed by atoms with E-state index >= 15 is 0 Å². The van der Waals surface area contributed by atoms with Gasteiger partial charge >= 0.3 is 0 Å². The molecule has 2 heterocycles. The minimum Gasteiger partial charge on any atom is -0.486 e. The Bertz CT molecular complexity index is 461. The van der Waals surface area contributed by atoms with Gasteiger partial charge in [0, 0.05) is 24.6 Å². The van der Waals surface area contributed by atoms with E-state index in [0.717, 1.165) is 31.2 Å². The summed E-state index contributed by atoms with van der Waals surface area (Å²) in [5.41, 5.74) is 1.26. The van der Waals surface area contributed by atoms with Crippen molar-refractivity contribution in [2.45, 2.75) is 30.4 Å². The van der Waals surface area contributed by atoms with Gasteiger partial charge in [-0.1, -0.05) is 0 Å². The number of rotatable bonds is 5. The van der Waals surface area contributed by atoms with E-state index in [1.54, 1.807) is 11.8 Å². The van der Waals surface area contributed by atoms with E-state index in [0.29, 0.717) is 19.3 Å². The van der Waals surface area contributed by atoms with Crippen LogP contribution in [0.5, 0.6) is 11.5 Å². The molecule has 1 N–H and O–H groups in total. The number of fused-ring (bicyclic) bond motifs is 1. The average molecular weight is 295 g/mol. The van der Waals surface area contributed by atoms with E-state index in [4.69, 9.17) is 14.2 Å². The molecule has 5 heteroatoms. The zero-order chi connectivity index (χ0) is 13.8. The van der Waals surface area contributed by atoms with Gasteiger partial charge in [-0.2, -0.15) is 0 Å². The predicted octanol–water partition coefficient (Wildman–Crippen LogP) is 2.45. The summed E-state index contributed by atoms with van der Waals surface area (Å²) in [6, 6.07) is 4.19. The van der Waals surface area contributed by atoms with Crippen molar-refractivity contribution < 1.29 is 14.2 Å². The van der Waals surface area contributed by atoms with Crippen LogP contribution in [0.1, 0.15) is 18.4 Å². The van der Waals surface area contributed by atoms with Crippen molar-refractivity contribution in [2.75, 3.05) is 32.6 Å². The second kappa shape index (κ2) is 6.70. The summed E-state index contributed by atoms with van der Waals surface area (Å²) in [6.07, 6.45) is 4.83. The van der Waals surface area contributed by atoms with Gasteiger partial charge in [-0.15, -0.1) is 11.8 Å². The number of thioether (sulfide) groups is 1. The summed E-state index contributed by atoms with van der Waals surface area (Å²) in [6.45, 7) is 3.94. The lowest BCUT2D eigenvalue weighted by atomic mass is 10.1. The first kappa shape index (κ1) is 14.0. The van der Waals surface area contributed by atoms with E-state index in [-0.39, 0.29) is 0 Å². The third kappa shape index (κ3) is 3.22. The summed E-state index contributed by atoms with van der Waals surface area (Å²) in [4.78, 5) is 1.24. The molecule has 1 saturated heterocycles. The van der Waals surface area contributed by atoms with Gasteiger partial charge in [-0.05, 0) is 36.8 Å². The summed E-state index contributed by atoms with van der Waals surface area (Å²) in [7, 11) is 0. The molecule has 0 aromatic heterocycles. The van der Waals surface area contributed by atoms with Gasteiger partial charge in [0.2, 0.25) is 0 Å². The lowest BCUT2D eigenvalue weighted by Gasteiger charge is -2.21. The molecule has 0 aliphatic carbocycles. The largest absolute Gasteiger partial charge is 0.486 e. The van der Waals surface area contributed by atoms with Crippen LogP contribution in [0.25, 0.3) is 0 Å². The maximum Gasteiger partial charge on any atom is 0.162 e. The first-order valence-corrected chi connectivity index (χ1v) is 8.38. The molecule has 2 aliphatic heterocycles. The average Bonchev–Trinajstić information content (AvgIpc) is 3.00. The normalized spacial score (nSPS) is 21.1. The number of nitrogens with one attached hydrogen (secondary N) is 1. The zero-order valence-corrected chi connectivity index (χ0v) is 12.6. The molecule has 0 saturated carbocycles. The molecule has 1 unspecified atom stereocenters. The molecular weight excluding hydrogens is 274 g/mol. The Morgan fingerprint density at radius 1 is 1.20 bits per heavy atom. The quantitative estimate of drug-likeness (QED) is 0.845. The molecule has 4 nitrogen and oxygen atoms in total. The third-order valence-electron chi connectivity index (χ3n) is 3.66. The molecule has 3 rings (SSSR count). The van der Waals surface area contributed by atoms with E-state index < -0.39 is 0 Å². The lowest BCUT2D eigenvalue weighted by molar-refractivity contribution is 0.110. The van der Waals surface area contributed by atoms with Gasteiger partial charge < -0.3 is 19.5 Å². The highest BCUT2D eigenvalue weighted by molar-refractivity contribution is 7.98. The van der Waals surface area contributed by atoms with Crippen molar-refractivity contribution in [3.05, 3.63) is 17.7 Å². The molecule has 0 amide bonds. The van der Waals surface area contributed by atoms with Crippen LogP contribution in [0.3, 0.4) is 0 Å². The van der Waals surface area contributed by atoms with Gasteiger partial charge in [-0.3, -0.25) is 0 Å². The molecule has 1 aromatic carbocycles. The van der Waals surface area contributed by atoms with Crippen LogP contribution in [-0.4, -0.2) is 38.7 Å². The molecule has 0 radical (unpaired) electrons. The Morgan fingerprint density at radius 3 is 2.70 bits per heavy atom. The van der Waals surface area contributed by atoms with Crippen molar-refractivity contribution >= 4 is 11.8 Å². The molecule has 1 fully saturated rings. The van der Waals surface area contributed by atoms with E-state index in [2.05, 4.69) is 23.7 Å². The highest BCUT2D eigenvalue weighted by atomic mass is 32.2. The van der Waals surface area contributed by atoms with Crippen molar-refractivity contribution in [2.24, 2.45) is 0 Å².